The van der Waals surface area contributed by atoms with Crippen LogP contribution in [0.4, 0.5) is 0 Å². The zero-order valence-electron chi connectivity index (χ0n) is 15.0. The number of carbonyl (C=O) groups is 1. The summed E-state index contributed by atoms with van der Waals surface area (Å²) in [6.07, 6.45) is 1.93. The second kappa shape index (κ2) is 7.13. The Labute approximate surface area is 152 Å². The number of methoxy groups -OCH3 is 1. The van der Waals surface area contributed by atoms with Crippen molar-refractivity contribution in [3.8, 4) is 0 Å². The van der Waals surface area contributed by atoms with Crippen LogP contribution in [0.2, 0.25) is 0 Å². The Bertz CT molecular complexity index is 727. The Morgan fingerprint density at radius 1 is 1.35 bits per heavy atom. The number of carbonyl (C=O) groups excluding carboxylic acids is 1. The fourth-order valence-corrected chi connectivity index (χ4v) is 5.08. The third-order valence-corrected chi connectivity index (χ3v) is 6.32. The van der Waals surface area contributed by atoms with E-state index in [1.54, 1.807) is 16.7 Å². The number of nitrogens with zero attached hydrogens (tertiary/aromatic N) is 2. The van der Waals surface area contributed by atoms with E-state index in [4.69, 9.17) is 9.47 Å². The van der Waals surface area contributed by atoms with Gasteiger partial charge in [0.2, 0.25) is 0 Å². The standard InChI is InChI=1S/C19H26N2O5/c1-25-19(24)18-14(11-22)13-10-20-15(3-2-4-16(20)23)17(13)21(18)9-12-5-7-26-8-6-12/h2-4,12-14,17-18,22H,5-11H2,1H3/t13-,14-,17+,18-/m0/s1. The van der Waals surface area contributed by atoms with Crippen LogP contribution >= 0.6 is 0 Å². The van der Waals surface area contributed by atoms with Crippen molar-refractivity contribution < 1.29 is 19.4 Å². The highest BCUT2D eigenvalue weighted by atomic mass is 16.5. The smallest absolute Gasteiger partial charge is 0.323 e. The summed E-state index contributed by atoms with van der Waals surface area (Å²) in [7, 11) is 1.40. The minimum atomic E-state index is -0.466. The lowest BCUT2D eigenvalue weighted by atomic mass is 9.88. The molecule has 4 atom stereocenters. The monoisotopic (exact) mass is 362 g/mol. The highest BCUT2D eigenvalue weighted by molar-refractivity contribution is 5.77. The first-order chi connectivity index (χ1) is 12.7. The van der Waals surface area contributed by atoms with E-state index in [-0.39, 0.29) is 36.0 Å². The Morgan fingerprint density at radius 2 is 2.12 bits per heavy atom. The van der Waals surface area contributed by atoms with Crippen LogP contribution in [0.1, 0.15) is 24.6 Å². The molecule has 0 radical (unpaired) electrons. The number of pyridine rings is 1. The van der Waals surface area contributed by atoms with Crippen LogP contribution in [0.3, 0.4) is 0 Å². The first-order valence-corrected chi connectivity index (χ1v) is 9.37. The normalized spacial score (nSPS) is 31.6. The molecule has 0 amide bonds. The lowest BCUT2D eigenvalue weighted by molar-refractivity contribution is -0.148. The van der Waals surface area contributed by atoms with E-state index in [0.717, 1.165) is 38.3 Å². The number of esters is 1. The third-order valence-electron chi connectivity index (χ3n) is 6.32. The van der Waals surface area contributed by atoms with Gasteiger partial charge in [-0.05, 0) is 24.8 Å². The molecular formula is C19H26N2O5. The van der Waals surface area contributed by atoms with Crippen LogP contribution in [-0.2, 0) is 20.8 Å². The van der Waals surface area contributed by atoms with Crippen LogP contribution in [0.25, 0.3) is 0 Å². The topological polar surface area (TPSA) is 81.0 Å². The molecule has 0 bridgehead atoms. The Morgan fingerprint density at radius 3 is 2.81 bits per heavy atom. The van der Waals surface area contributed by atoms with Gasteiger partial charge in [0, 0.05) is 56.5 Å². The Kier molecular flexibility index (Phi) is 4.86. The number of hydrogen-bond acceptors (Lipinski definition) is 6. The first-order valence-electron chi connectivity index (χ1n) is 9.37. The second-order valence-electron chi connectivity index (χ2n) is 7.58. The van der Waals surface area contributed by atoms with Crippen LogP contribution in [0.5, 0.6) is 0 Å². The van der Waals surface area contributed by atoms with Crippen molar-refractivity contribution in [3.05, 3.63) is 34.2 Å². The van der Waals surface area contributed by atoms with Gasteiger partial charge in [-0.15, -0.1) is 0 Å². The molecule has 0 unspecified atom stereocenters. The molecule has 142 valence electrons. The summed E-state index contributed by atoms with van der Waals surface area (Å²) >= 11 is 0. The van der Waals surface area contributed by atoms with Crippen molar-refractivity contribution >= 4 is 5.97 Å². The maximum Gasteiger partial charge on any atom is 0.323 e. The zero-order chi connectivity index (χ0) is 18.3. The van der Waals surface area contributed by atoms with Crippen molar-refractivity contribution in [2.45, 2.75) is 31.5 Å². The third kappa shape index (κ3) is 2.78. The van der Waals surface area contributed by atoms with Crippen molar-refractivity contribution in [3.63, 3.8) is 0 Å². The molecule has 4 rings (SSSR count). The SMILES string of the molecule is COC(=O)[C@@H]1[C@@H](CO)[C@@H]2Cn3c(cccc3=O)[C@@H]2N1CC1CCOCC1. The molecule has 3 aliphatic heterocycles. The van der Waals surface area contributed by atoms with E-state index in [2.05, 4.69) is 4.90 Å². The molecule has 2 fully saturated rings. The van der Waals surface area contributed by atoms with Crippen molar-refractivity contribution in [1.29, 1.82) is 0 Å². The molecule has 26 heavy (non-hydrogen) atoms. The van der Waals surface area contributed by atoms with E-state index < -0.39 is 6.04 Å². The molecule has 7 nitrogen and oxygen atoms in total. The molecule has 0 saturated carbocycles. The minimum absolute atomic E-state index is 0.0192. The average molecular weight is 362 g/mol. The van der Waals surface area contributed by atoms with E-state index in [0.29, 0.717) is 12.5 Å². The van der Waals surface area contributed by atoms with Gasteiger partial charge in [-0.25, -0.2) is 0 Å². The van der Waals surface area contributed by atoms with E-state index in [9.17, 15) is 14.7 Å². The molecule has 0 aliphatic carbocycles. The average Bonchev–Trinajstić information content (AvgIpc) is 3.18. The van der Waals surface area contributed by atoms with Crippen LogP contribution in [0.15, 0.2) is 23.0 Å². The van der Waals surface area contributed by atoms with Gasteiger partial charge in [0.05, 0.1) is 13.2 Å². The van der Waals surface area contributed by atoms with E-state index >= 15 is 0 Å². The van der Waals surface area contributed by atoms with Crippen LogP contribution in [-0.4, -0.2) is 60.1 Å². The number of ether oxygens (including phenoxy) is 2. The number of fused-ring (bicyclic) bond motifs is 3. The second-order valence-corrected chi connectivity index (χ2v) is 7.58. The van der Waals surface area contributed by atoms with Gasteiger partial charge < -0.3 is 19.1 Å². The predicted octanol–water partition coefficient (Wildman–Crippen LogP) is 0.411. The Balaban J connectivity index is 1.72. The summed E-state index contributed by atoms with van der Waals surface area (Å²) in [6.45, 7) is 2.70. The molecule has 1 aromatic heterocycles. The molecule has 0 aromatic carbocycles. The summed E-state index contributed by atoms with van der Waals surface area (Å²) in [5, 5.41) is 10.1. The predicted molar refractivity (Wildman–Crippen MR) is 93.6 cm³/mol. The number of hydrogen-bond donors (Lipinski definition) is 1. The van der Waals surface area contributed by atoms with Gasteiger partial charge in [-0.2, -0.15) is 0 Å². The molecule has 1 aromatic rings. The van der Waals surface area contributed by atoms with Gasteiger partial charge in [0.1, 0.15) is 6.04 Å². The van der Waals surface area contributed by atoms with Crippen molar-refractivity contribution in [1.82, 2.24) is 9.47 Å². The van der Waals surface area contributed by atoms with Gasteiger partial charge in [-0.1, -0.05) is 6.07 Å². The largest absolute Gasteiger partial charge is 0.468 e. The lowest BCUT2D eigenvalue weighted by Gasteiger charge is -2.34. The summed E-state index contributed by atoms with van der Waals surface area (Å²) in [5.74, 6) is -0.0422. The molecule has 2 saturated heterocycles. The zero-order valence-corrected chi connectivity index (χ0v) is 15.0. The van der Waals surface area contributed by atoms with Crippen LogP contribution < -0.4 is 5.56 Å². The first kappa shape index (κ1) is 17.7. The number of likely N-dealkylation sites (tertiary alicyclic amines) is 1. The van der Waals surface area contributed by atoms with Crippen molar-refractivity contribution in [2.75, 3.05) is 33.5 Å². The molecule has 0 spiro atoms. The molecule has 1 N–H and O–H groups in total. The fourth-order valence-electron chi connectivity index (χ4n) is 5.08. The minimum Gasteiger partial charge on any atom is -0.468 e. The highest BCUT2D eigenvalue weighted by Gasteiger charge is 2.56. The van der Waals surface area contributed by atoms with Gasteiger partial charge in [0.25, 0.3) is 5.56 Å². The van der Waals surface area contributed by atoms with E-state index in [1.165, 1.54) is 7.11 Å². The fraction of sp³-hybridized carbons (Fsp3) is 0.684. The summed E-state index contributed by atoms with van der Waals surface area (Å²) < 4.78 is 12.3. The summed E-state index contributed by atoms with van der Waals surface area (Å²) in [5.41, 5.74) is 0.925. The number of rotatable bonds is 4. The quantitative estimate of drug-likeness (QED) is 0.782. The molecule has 3 aliphatic rings. The maximum absolute atomic E-state index is 12.6. The number of aliphatic hydroxyl groups is 1. The highest BCUT2D eigenvalue weighted by Crippen LogP contribution is 2.49. The van der Waals surface area contributed by atoms with Crippen molar-refractivity contribution in [2.24, 2.45) is 17.8 Å². The van der Waals surface area contributed by atoms with E-state index in [1.807, 2.05) is 6.07 Å². The maximum atomic E-state index is 12.6. The molecule has 4 heterocycles. The molecular weight excluding hydrogens is 336 g/mol. The summed E-state index contributed by atoms with van der Waals surface area (Å²) in [4.78, 5) is 27.0. The van der Waals surface area contributed by atoms with Gasteiger partial charge >= 0.3 is 5.97 Å². The van der Waals surface area contributed by atoms with Gasteiger partial charge in [0.15, 0.2) is 0 Å². The van der Waals surface area contributed by atoms with Crippen LogP contribution in [0, 0.1) is 17.8 Å². The summed E-state index contributed by atoms with van der Waals surface area (Å²) in [6, 6.07) is 4.82. The number of aliphatic hydroxyl groups excluding tert-OH is 1. The lowest BCUT2D eigenvalue weighted by Crippen LogP contribution is -2.45. The Hall–Kier alpha value is -1.70. The number of aromatic nitrogens is 1. The van der Waals surface area contributed by atoms with Gasteiger partial charge in [-0.3, -0.25) is 14.5 Å². The molecule has 7 heteroatoms.